The third kappa shape index (κ3) is 1.64. The molecule has 2 nitrogen and oxygen atoms in total. The van der Waals surface area contributed by atoms with E-state index in [4.69, 9.17) is 4.74 Å². The van der Waals surface area contributed by atoms with Gasteiger partial charge in [0.15, 0.2) is 0 Å². The van der Waals surface area contributed by atoms with Crippen LogP contribution in [0.2, 0.25) is 0 Å². The van der Waals surface area contributed by atoms with Gasteiger partial charge in [-0.25, -0.2) is 0 Å². The number of ether oxygens (including phenoxy) is 1. The van der Waals surface area contributed by atoms with Crippen molar-refractivity contribution in [2.75, 3.05) is 26.7 Å². The van der Waals surface area contributed by atoms with Gasteiger partial charge >= 0.3 is 0 Å². The van der Waals surface area contributed by atoms with Gasteiger partial charge in [-0.15, -0.1) is 0 Å². The van der Waals surface area contributed by atoms with Crippen molar-refractivity contribution in [3.05, 3.63) is 0 Å². The summed E-state index contributed by atoms with van der Waals surface area (Å²) < 4.78 is 6.86. The van der Waals surface area contributed by atoms with Gasteiger partial charge in [-0.05, 0) is 20.3 Å². The predicted molar refractivity (Wildman–Crippen MR) is 51.1 cm³/mol. The zero-order chi connectivity index (χ0) is 9.19. The van der Waals surface area contributed by atoms with E-state index in [0.717, 1.165) is 6.61 Å². The molecule has 0 spiro atoms. The lowest BCUT2D eigenvalue weighted by Gasteiger charge is -2.46. The number of hydrogen-bond donors (Lipinski definition) is 0. The summed E-state index contributed by atoms with van der Waals surface area (Å²) in [4.78, 5) is 0. The molecule has 0 saturated carbocycles. The second-order valence-corrected chi connectivity index (χ2v) is 4.07. The fourth-order valence-electron chi connectivity index (χ4n) is 2.40. The maximum Gasteiger partial charge on any atom is 0.115 e. The molecule has 0 bridgehead atoms. The Labute approximate surface area is 76.1 Å². The molecule has 3 atom stereocenters. The van der Waals surface area contributed by atoms with E-state index in [-0.39, 0.29) is 0 Å². The standard InChI is InChI=1S/C10H22NO/c1-5-10-9(3)12-8-7-11(10,4)6-2/h9-10H,5-8H2,1-4H3/q+1. The van der Waals surface area contributed by atoms with Gasteiger partial charge in [0.1, 0.15) is 18.7 Å². The summed E-state index contributed by atoms with van der Waals surface area (Å²) in [5, 5.41) is 0. The molecule has 0 radical (unpaired) electrons. The van der Waals surface area contributed by atoms with Crippen LogP contribution in [0.5, 0.6) is 0 Å². The monoisotopic (exact) mass is 172 g/mol. The molecule has 0 aliphatic carbocycles. The van der Waals surface area contributed by atoms with E-state index >= 15 is 0 Å². The first kappa shape index (κ1) is 10.0. The second kappa shape index (κ2) is 3.75. The largest absolute Gasteiger partial charge is 0.366 e. The quantitative estimate of drug-likeness (QED) is 0.575. The molecule has 1 heterocycles. The van der Waals surface area contributed by atoms with Crippen molar-refractivity contribution in [3.63, 3.8) is 0 Å². The molecule has 1 fully saturated rings. The van der Waals surface area contributed by atoms with Gasteiger partial charge in [0, 0.05) is 0 Å². The molecule has 0 N–H and O–H groups in total. The van der Waals surface area contributed by atoms with Crippen molar-refractivity contribution >= 4 is 0 Å². The van der Waals surface area contributed by atoms with E-state index in [9.17, 15) is 0 Å². The van der Waals surface area contributed by atoms with Crippen molar-refractivity contribution in [2.24, 2.45) is 0 Å². The molecule has 1 aliphatic heterocycles. The maximum absolute atomic E-state index is 5.66. The van der Waals surface area contributed by atoms with Gasteiger partial charge in [-0.3, -0.25) is 0 Å². The highest BCUT2D eigenvalue weighted by Crippen LogP contribution is 2.22. The van der Waals surface area contributed by atoms with Crippen LogP contribution >= 0.6 is 0 Å². The molecule has 3 unspecified atom stereocenters. The number of quaternary nitrogens is 1. The lowest BCUT2D eigenvalue weighted by molar-refractivity contribution is -0.943. The van der Waals surface area contributed by atoms with Crippen LogP contribution in [0.3, 0.4) is 0 Å². The average Bonchev–Trinajstić information content (AvgIpc) is 2.05. The van der Waals surface area contributed by atoms with Crippen LogP contribution in [0.4, 0.5) is 0 Å². The first-order valence-corrected chi connectivity index (χ1v) is 5.10. The molecule has 12 heavy (non-hydrogen) atoms. The van der Waals surface area contributed by atoms with Gasteiger partial charge < -0.3 is 9.22 Å². The fourth-order valence-corrected chi connectivity index (χ4v) is 2.40. The van der Waals surface area contributed by atoms with E-state index in [0.29, 0.717) is 12.1 Å². The Morgan fingerprint density at radius 1 is 1.42 bits per heavy atom. The first-order chi connectivity index (χ1) is 5.64. The van der Waals surface area contributed by atoms with Gasteiger partial charge in [-0.1, -0.05) is 6.92 Å². The topological polar surface area (TPSA) is 9.23 Å². The first-order valence-electron chi connectivity index (χ1n) is 5.10. The summed E-state index contributed by atoms with van der Waals surface area (Å²) >= 11 is 0. The molecule has 0 aromatic rings. The number of rotatable bonds is 2. The molecule has 2 heteroatoms. The second-order valence-electron chi connectivity index (χ2n) is 4.07. The van der Waals surface area contributed by atoms with Crippen LogP contribution in [0.1, 0.15) is 27.2 Å². The van der Waals surface area contributed by atoms with Crippen LogP contribution < -0.4 is 0 Å². The summed E-state index contributed by atoms with van der Waals surface area (Å²) in [6, 6.07) is 0.698. The van der Waals surface area contributed by atoms with Crippen LogP contribution in [0, 0.1) is 0 Å². The summed E-state index contributed by atoms with van der Waals surface area (Å²) in [5.74, 6) is 0. The van der Waals surface area contributed by atoms with E-state index in [1.807, 2.05) is 0 Å². The van der Waals surface area contributed by atoms with Gasteiger partial charge in [0.2, 0.25) is 0 Å². The molecule has 0 aromatic carbocycles. The Bertz CT molecular complexity index is 149. The Hall–Kier alpha value is -0.0800. The van der Waals surface area contributed by atoms with E-state index in [1.165, 1.54) is 24.0 Å². The molecular formula is C10H22NO+. The van der Waals surface area contributed by atoms with Gasteiger partial charge in [0.05, 0.1) is 20.2 Å². The fraction of sp³-hybridized carbons (Fsp3) is 1.00. The summed E-state index contributed by atoms with van der Waals surface area (Å²) in [5.41, 5.74) is 0. The van der Waals surface area contributed by atoms with E-state index < -0.39 is 0 Å². The number of nitrogens with zero attached hydrogens (tertiary/aromatic N) is 1. The summed E-state index contributed by atoms with van der Waals surface area (Å²) in [6.45, 7) is 10.1. The summed E-state index contributed by atoms with van der Waals surface area (Å²) in [6.07, 6.45) is 1.67. The molecule has 0 amide bonds. The highest BCUT2D eigenvalue weighted by molar-refractivity contribution is 4.69. The Kier molecular flexibility index (Phi) is 3.13. The minimum absolute atomic E-state index is 0.439. The highest BCUT2D eigenvalue weighted by Gasteiger charge is 2.38. The zero-order valence-electron chi connectivity index (χ0n) is 8.84. The van der Waals surface area contributed by atoms with Gasteiger partial charge in [0.25, 0.3) is 0 Å². The van der Waals surface area contributed by atoms with Crippen LogP contribution in [-0.2, 0) is 4.74 Å². The van der Waals surface area contributed by atoms with E-state index in [1.54, 1.807) is 0 Å². The van der Waals surface area contributed by atoms with E-state index in [2.05, 4.69) is 27.8 Å². The van der Waals surface area contributed by atoms with Crippen molar-refractivity contribution < 1.29 is 9.22 Å². The third-order valence-corrected chi connectivity index (χ3v) is 3.47. The molecular weight excluding hydrogens is 150 g/mol. The summed E-state index contributed by atoms with van der Waals surface area (Å²) in [7, 11) is 2.35. The lowest BCUT2D eigenvalue weighted by Crippen LogP contribution is -2.61. The Morgan fingerprint density at radius 2 is 2.08 bits per heavy atom. The van der Waals surface area contributed by atoms with Crippen molar-refractivity contribution in [1.29, 1.82) is 0 Å². The normalized spacial score (nSPS) is 43.0. The SMILES string of the molecule is CCC1C(C)OCC[N+]1(C)CC. The number of morpholine rings is 1. The molecule has 1 aliphatic rings. The van der Waals surface area contributed by atoms with Crippen LogP contribution in [0.25, 0.3) is 0 Å². The Morgan fingerprint density at radius 3 is 2.50 bits per heavy atom. The lowest BCUT2D eigenvalue weighted by atomic mass is 10.0. The smallest absolute Gasteiger partial charge is 0.115 e. The van der Waals surface area contributed by atoms with Crippen molar-refractivity contribution in [1.82, 2.24) is 0 Å². The number of hydrogen-bond acceptors (Lipinski definition) is 1. The molecule has 72 valence electrons. The average molecular weight is 172 g/mol. The van der Waals surface area contributed by atoms with Crippen LogP contribution in [-0.4, -0.2) is 43.4 Å². The molecule has 1 rings (SSSR count). The van der Waals surface area contributed by atoms with Crippen molar-refractivity contribution in [3.8, 4) is 0 Å². The number of likely N-dealkylation sites (N-methyl/N-ethyl adjacent to an activating group) is 1. The third-order valence-electron chi connectivity index (χ3n) is 3.47. The highest BCUT2D eigenvalue weighted by atomic mass is 16.5. The van der Waals surface area contributed by atoms with Gasteiger partial charge in [-0.2, -0.15) is 0 Å². The maximum atomic E-state index is 5.66. The Balaban J connectivity index is 2.70. The zero-order valence-corrected chi connectivity index (χ0v) is 8.84. The molecule has 0 aromatic heterocycles. The minimum Gasteiger partial charge on any atom is -0.366 e. The minimum atomic E-state index is 0.439. The predicted octanol–water partition coefficient (Wildman–Crippen LogP) is 1.65. The molecule has 1 saturated heterocycles. The van der Waals surface area contributed by atoms with Crippen LogP contribution in [0.15, 0.2) is 0 Å². The van der Waals surface area contributed by atoms with Crippen molar-refractivity contribution in [2.45, 2.75) is 39.3 Å².